The summed E-state index contributed by atoms with van der Waals surface area (Å²) in [7, 11) is 0. The predicted octanol–water partition coefficient (Wildman–Crippen LogP) is -0.525. The minimum atomic E-state index is -1.59. The lowest BCUT2D eigenvalue weighted by atomic mass is 10.2. The predicted molar refractivity (Wildman–Crippen MR) is 64.8 cm³/mol. The summed E-state index contributed by atoms with van der Waals surface area (Å²) in [5, 5.41) is 25.4. The average Bonchev–Trinajstić information content (AvgIpc) is 2.92. The van der Waals surface area contributed by atoms with Crippen LogP contribution in [0.3, 0.4) is 0 Å². The maximum absolute atomic E-state index is 11.7. The summed E-state index contributed by atoms with van der Waals surface area (Å²) in [6.07, 6.45) is 0. The summed E-state index contributed by atoms with van der Waals surface area (Å²) in [4.78, 5) is 33.0. The molecule has 10 heteroatoms. The number of aromatic amines is 1. The number of hydrogen-bond donors (Lipinski definition) is 4. The Morgan fingerprint density at radius 1 is 1.10 bits per heavy atom. The monoisotopic (exact) mass is 276 g/mol. The average molecular weight is 276 g/mol. The van der Waals surface area contributed by atoms with Gasteiger partial charge in [-0.05, 0) is 34.7 Å². The van der Waals surface area contributed by atoms with Crippen LogP contribution in [0.25, 0.3) is 0 Å². The normalized spacial score (nSPS) is 9.80. The number of nitrogens with zero attached hydrogens (tertiary/aromatic N) is 3. The Morgan fingerprint density at radius 2 is 1.80 bits per heavy atom. The van der Waals surface area contributed by atoms with Gasteiger partial charge in [-0.2, -0.15) is 0 Å². The van der Waals surface area contributed by atoms with E-state index in [1.54, 1.807) is 0 Å². The molecule has 4 N–H and O–H groups in total. The van der Waals surface area contributed by atoms with Crippen molar-refractivity contribution in [2.45, 2.75) is 0 Å². The Bertz CT molecular complexity index is 636. The molecule has 0 saturated heterocycles. The molecular weight excluding hydrogens is 268 g/mol. The SMILES string of the molecule is O=C(O)C(=O)Nc1ccc(C(=O)Nc2nnn[nH]2)cc1. The second kappa shape index (κ2) is 5.56. The fraction of sp³-hybridized carbons (Fsp3) is 0. The zero-order valence-corrected chi connectivity index (χ0v) is 9.82. The number of benzene rings is 1. The molecule has 0 aliphatic carbocycles. The number of carbonyl (C=O) groups excluding carboxylic acids is 2. The van der Waals surface area contributed by atoms with Crippen molar-refractivity contribution in [2.75, 3.05) is 10.6 Å². The van der Waals surface area contributed by atoms with Gasteiger partial charge in [0.25, 0.3) is 5.91 Å². The first kappa shape index (κ1) is 13.1. The number of H-pyrrole nitrogens is 1. The van der Waals surface area contributed by atoms with E-state index >= 15 is 0 Å². The Hall–Kier alpha value is -3.30. The number of hydrogen-bond acceptors (Lipinski definition) is 6. The van der Waals surface area contributed by atoms with Crippen LogP contribution in [0, 0.1) is 0 Å². The third kappa shape index (κ3) is 3.13. The molecule has 1 aromatic carbocycles. The highest BCUT2D eigenvalue weighted by Gasteiger charge is 2.12. The highest BCUT2D eigenvalue weighted by Crippen LogP contribution is 2.10. The fourth-order valence-electron chi connectivity index (χ4n) is 1.28. The molecule has 20 heavy (non-hydrogen) atoms. The van der Waals surface area contributed by atoms with Crippen molar-refractivity contribution in [2.24, 2.45) is 0 Å². The second-order valence-electron chi connectivity index (χ2n) is 3.54. The van der Waals surface area contributed by atoms with E-state index in [0.29, 0.717) is 0 Å². The Kier molecular flexibility index (Phi) is 3.65. The van der Waals surface area contributed by atoms with Crippen molar-refractivity contribution in [1.29, 1.82) is 0 Å². The van der Waals surface area contributed by atoms with Crippen LogP contribution in [-0.4, -0.2) is 43.5 Å². The van der Waals surface area contributed by atoms with Gasteiger partial charge in [0.05, 0.1) is 0 Å². The van der Waals surface area contributed by atoms with E-state index in [2.05, 4.69) is 31.3 Å². The maximum Gasteiger partial charge on any atom is 0.394 e. The summed E-state index contributed by atoms with van der Waals surface area (Å²) >= 11 is 0. The highest BCUT2D eigenvalue weighted by molar-refractivity contribution is 6.36. The first-order valence-electron chi connectivity index (χ1n) is 5.25. The van der Waals surface area contributed by atoms with Crippen LogP contribution >= 0.6 is 0 Å². The number of aromatic nitrogens is 4. The molecule has 0 radical (unpaired) electrons. The van der Waals surface area contributed by atoms with Crippen LogP contribution < -0.4 is 10.6 Å². The minimum Gasteiger partial charge on any atom is -0.474 e. The van der Waals surface area contributed by atoms with Crippen molar-refractivity contribution >= 4 is 29.4 Å². The van der Waals surface area contributed by atoms with Crippen LogP contribution in [0.15, 0.2) is 24.3 Å². The number of carboxylic acid groups (broad SMARTS) is 1. The molecule has 0 unspecified atom stereocenters. The lowest BCUT2D eigenvalue weighted by Gasteiger charge is -2.04. The Labute approximate surface area is 111 Å². The summed E-state index contributed by atoms with van der Waals surface area (Å²) in [6, 6.07) is 5.62. The minimum absolute atomic E-state index is 0.0956. The van der Waals surface area contributed by atoms with E-state index in [0.717, 1.165) is 0 Å². The van der Waals surface area contributed by atoms with Gasteiger partial charge in [0, 0.05) is 11.3 Å². The molecule has 2 aromatic rings. The van der Waals surface area contributed by atoms with Gasteiger partial charge in [-0.3, -0.25) is 14.9 Å². The Morgan fingerprint density at radius 3 is 2.35 bits per heavy atom. The van der Waals surface area contributed by atoms with Crippen LogP contribution in [0.2, 0.25) is 0 Å². The molecule has 0 atom stereocenters. The molecule has 0 spiro atoms. The first-order chi connectivity index (χ1) is 9.56. The van der Waals surface area contributed by atoms with Gasteiger partial charge >= 0.3 is 11.9 Å². The number of aliphatic carboxylic acids is 1. The fourth-order valence-corrected chi connectivity index (χ4v) is 1.28. The smallest absolute Gasteiger partial charge is 0.394 e. The molecule has 0 saturated carbocycles. The van der Waals surface area contributed by atoms with Crippen molar-refractivity contribution in [3.8, 4) is 0 Å². The number of tetrazole rings is 1. The van der Waals surface area contributed by atoms with Gasteiger partial charge in [0.2, 0.25) is 5.95 Å². The largest absolute Gasteiger partial charge is 0.474 e. The summed E-state index contributed by atoms with van der Waals surface area (Å²) in [6.45, 7) is 0. The van der Waals surface area contributed by atoms with Crippen LogP contribution in [-0.2, 0) is 9.59 Å². The van der Waals surface area contributed by atoms with E-state index in [1.807, 2.05) is 0 Å². The van der Waals surface area contributed by atoms with E-state index in [1.165, 1.54) is 24.3 Å². The van der Waals surface area contributed by atoms with Crippen molar-refractivity contribution in [3.63, 3.8) is 0 Å². The van der Waals surface area contributed by atoms with Gasteiger partial charge in [0.1, 0.15) is 0 Å². The van der Waals surface area contributed by atoms with Crippen molar-refractivity contribution < 1.29 is 19.5 Å². The molecule has 0 fully saturated rings. The summed E-state index contributed by atoms with van der Waals surface area (Å²) in [5.74, 6) is -3.11. The number of anilines is 2. The molecule has 102 valence electrons. The van der Waals surface area contributed by atoms with Gasteiger partial charge < -0.3 is 10.4 Å². The van der Waals surface area contributed by atoms with Crippen molar-refractivity contribution in [3.05, 3.63) is 29.8 Å². The number of carboxylic acids is 1. The zero-order chi connectivity index (χ0) is 14.5. The molecule has 1 heterocycles. The third-order valence-corrected chi connectivity index (χ3v) is 2.18. The molecule has 2 amide bonds. The molecule has 1 aromatic heterocycles. The van der Waals surface area contributed by atoms with Crippen LogP contribution in [0.1, 0.15) is 10.4 Å². The molecule has 2 rings (SSSR count). The zero-order valence-electron chi connectivity index (χ0n) is 9.82. The standard InChI is InChI=1S/C10H8N6O4/c17-7(12-10-13-15-16-14-10)5-1-3-6(4-2-5)11-8(18)9(19)20/h1-4H,(H,11,18)(H,19,20)(H2,12,13,14,15,16,17). The van der Waals surface area contributed by atoms with E-state index in [4.69, 9.17) is 5.11 Å². The lowest BCUT2D eigenvalue weighted by molar-refractivity contribution is -0.147. The van der Waals surface area contributed by atoms with E-state index in [9.17, 15) is 14.4 Å². The van der Waals surface area contributed by atoms with Crippen molar-refractivity contribution in [1.82, 2.24) is 20.6 Å². The van der Waals surface area contributed by atoms with Gasteiger partial charge in [0.15, 0.2) is 0 Å². The number of nitrogens with one attached hydrogen (secondary N) is 3. The summed E-state index contributed by atoms with van der Waals surface area (Å²) in [5.41, 5.74) is 0.546. The van der Waals surface area contributed by atoms with Gasteiger partial charge in [-0.1, -0.05) is 5.10 Å². The molecule has 10 nitrogen and oxygen atoms in total. The molecule has 0 aliphatic rings. The van der Waals surface area contributed by atoms with Gasteiger partial charge in [-0.25, -0.2) is 9.89 Å². The van der Waals surface area contributed by atoms with E-state index < -0.39 is 17.8 Å². The topological polar surface area (TPSA) is 150 Å². The molecule has 0 bridgehead atoms. The van der Waals surface area contributed by atoms with E-state index in [-0.39, 0.29) is 17.2 Å². The van der Waals surface area contributed by atoms with Gasteiger partial charge in [-0.15, -0.1) is 0 Å². The number of rotatable bonds is 3. The lowest BCUT2D eigenvalue weighted by Crippen LogP contribution is -2.21. The maximum atomic E-state index is 11.7. The quantitative estimate of drug-likeness (QED) is 0.550. The Balaban J connectivity index is 2.02. The molecular formula is C10H8N6O4. The second-order valence-corrected chi connectivity index (χ2v) is 3.54. The summed E-state index contributed by atoms with van der Waals surface area (Å²) < 4.78 is 0. The van der Waals surface area contributed by atoms with Crippen LogP contribution in [0.4, 0.5) is 11.6 Å². The third-order valence-electron chi connectivity index (χ3n) is 2.18. The van der Waals surface area contributed by atoms with Crippen LogP contribution in [0.5, 0.6) is 0 Å². The highest BCUT2D eigenvalue weighted by atomic mass is 16.4. The number of amides is 2. The number of carbonyl (C=O) groups is 3. The molecule has 0 aliphatic heterocycles. The first-order valence-corrected chi connectivity index (χ1v) is 5.25.